The highest BCUT2D eigenvalue weighted by Crippen LogP contribution is 2.37. The van der Waals surface area contributed by atoms with Crippen molar-refractivity contribution in [3.05, 3.63) is 41.7 Å². The van der Waals surface area contributed by atoms with Crippen LogP contribution in [-0.2, 0) is 6.54 Å². The topological polar surface area (TPSA) is 69.7 Å². The van der Waals surface area contributed by atoms with E-state index in [0.717, 1.165) is 29.9 Å². The molecule has 2 aliphatic heterocycles. The van der Waals surface area contributed by atoms with Crippen LogP contribution in [0.4, 0.5) is 0 Å². The van der Waals surface area contributed by atoms with Gasteiger partial charge in [0.15, 0.2) is 5.76 Å². The van der Waals surface area contributed by atoms with Crippen molar-refractivity contribution in [2.45, 2.75) is 57.0 Å². The number of hydrogen-bond donors (Lipinski definition) is 2. The van der Waals surface area contributed by atoms with Crippen LogP contribution in [0.1, 0.15) is 30.6 Å². The van der Waals surface area contributed by atoms with E-state index in [1.807, 2.05) is 18.2 Å². The van der Waals surface area contributed by atoms with Gasteiger partial charge in [-0.15, -0.1) is 0 Å². The predicted molar refractivity (Wildman–Crippen MR) is 85.7 cm³/mol. The summed E-state index contributed by atoms with van der Waals surface area (Å²) in [5.41, 5.74) is 3.10. The monoisotopic (exact) mass is 314 g/mol. The van der Waals surface area contributed by atoms with Crippen molar-refractivity contribution in [1.82, 2.24) is 10.1 Å². The number of hydrogen-bond acceptors (Lipinski definition) is 5. The lowest BCUT2D eigenvalue weighted by Gasteiger charge is -2.39. The fourth-order valence-corrected chi connectivity index (χ4v) is 3.93. The van der Waals surface area contributed by atoms with Crippen LogP contribution in [0.15, 0.2) is 34.9 Å². The van der Waals surface area contributed by atoms with Gasteiger partial charge in [0.1, 0.15) is 5.69 Å². The number of fused-ring (bicyclic) bond motifs is 2. The standard InChI is InChI=1S/C18H22N2O3/c1-11-2-4-12(5-3-11)15-9-14(23-19-15)10-20-13-6-7-16(20)18(22)17(21)8-13/h2-5,9,13,16-18,21-22H,6-8,10H2,1H3/t13-,16+,17-,18+/m1/s1. The van der Waals surface area contributed by atoms with E-state index in [-0.39, 0.29) is 6.04 Å². The molecule has 0 spiro atoms. The summed E-state index contributed by atoms with van der Waals surface area (Å²) in [6.07, 6.45) is 1.34. The van der Waals surface area contributed by atoms with Crippen molar-refractivity contribution >= 4 is 0 Å². The highest BCUT2D eigenvalue weighted by molar-refractivity contribution is 5.59. The zero-order valence-corrected chi connectivity index (χ0v) is 13.2. The average Bonchev–Trinajstić information content (AvgIpc) is 3.12. The Bertz CT molecular complexity index is 682. The van der Waals surface area contributed by atoms with E-state index < -0.39 is 12.2 Å². The number of aryl methyl sites for hydroxylation is 1. The Morgan fingerprint density at radius 1 is 1.22 bits per heavy atom. The van der Waals surface area contributed by atoms with E-state index in [0.29, 0.717) is 19.0 Å². The molecular formula is C18H22N2O3. The molecular weight excluding hydrogens is 292 g/mol. The smallest absolute Gasteiger partial charge is 0.151 e. The quantitative estimate of drug-likeness (QED) is 0.908. The van der Waals surface area contributed by atoms with Crippen molar-refractivity contribution in [3.8, 4) is 11.3 Å². The molecule has 4 rings (SSSR count). The number of aromatic nitrogens is 1. The third-order valence-electron chi connectivity index (χ3n) is 5.24. The third kappa shape index (κ3) is 2.69. The Hall–Kier alpha value is -1.69. The normalized spacial score (nSPS) is 30.7. The Balaban J connectivity index is 1.51. The highest BCUT2D eigenvalue weighted by Gasteiger charge is 2.46. The molecule has 2 bridgehead atoms. The summed E-state index contributed by atoms with van der Waals surface area (Å²) in [6.45, 7) is 2.70. The van der Waals surface area contributed by atoms with Crippen LogP contribution in [0.5, 0.6) is 0 Å². The van der Waals surface area contributed by atoms with Gasteiger partial charge in [0.2, 0.25) is 0 Å². The van der Waals surface area contributed by atoms with Crippen molar-refractivity contribution in [3.63, 3.8) is 0 Å². The van der Waals surface area contributed by atoms with Gasteiger partial charge in [-0.2, -0.15) is 0 Å². The van der Waals surface area contributed by atoms with Crippen LogP contribution in [0.2, 0.25) is 0 Å². The Labute approximate surface area is 135 Å². The number of benzene rings is 1. The summed E-state index contributed by atoms with van der Waals surface area (Å²) >= 11 is 0. The van der Waals surface area contributed by atoms with Gasteiger partial charge in [-0.25, -0.2) is 0 Å². The Morgan fingerprint density at radius 3 is 2.78 bits per heavy atom. The molecule has 2 fully saturated rings. The number of nitrogens with zero attached hydrogens (tertiary/aromatic N) is 2. The zero-order chi connectivity index (χ0) is 16.0. The second kappa shape index (κ2) is 5.74. The number of aliphatic hydroxyl groups excluding tert-OH is 2. The van der Waals surface area contributed by atoms with E-state index in [4.69, 9.17) is 4.52 Å². The van der Waals surface area contributed by atoms with Crippen LogP contribution in [0, 0.1) is 6.92 Å². The molecule has 1 aromatic carbocycles. The molecule has 2 saturated heterocycles. The van der Waals surface area contributed by atoms with Crippen LogP contribution < -0.4 is 0 Å². The molecule has 2 aromatic rings. The molecule has 2 aliphatic rings. The summed E-state index contributed by atoms with van der Waals surface area (Å²) in [7, 11) is 0. The van der Waals surface area contributed by atoms with E-state index in [1.165, 1.54) is 5.56 Å². The van der Waals surface area contributed by atoms with Gasteiger partial charge >= 0.3 is 0 Å². The fraction of sp³-hybridized carbons (Fsp3) is 0.500. The molecule has 0 saturated carbocycles. The minimum absolute atomic E-state index is 0.0247. The van der Waals surface area contributed by atoms with Gasteiger partial charge in [-0.1, -0.05) is 35.0 Å². The molecule has 0 amide bonds. The van der Waals surface area contributed by atoms with Crippen LogP contribution in [-0.4, -0.2) is 44.6 Å². The second-order valence-corrected chi connectivity index (χ2v) is 6.81. The summed E-state index contributed by atoms with van der Waals surface area (Å²) in [5.74, 6) is 0.807. The third-order valence-corrected chi connectivity index (χ3v) is 5.24. The Morgan fingerprint density at radius 2 is 2.00 bits per heavy atom. The van der Waals surface area contributed by atoms with Crippen molar-refractivity contribution < 1.29 is 14.7 Å². The van der Waals surface area contributed by atoms with Crippen LogP contribution in [0.25, 0.3) is 11.3 Å². The maximum atomic E-state index is 10.2. The lowest BCUT2D eigenvalue weighted by atomic mass is 9.96. The average molecular weight is 314 g/mol. The second-order valence-electron chi connectivity index (χ2n) is 6.81. The van der Waals surface area contributed by atoms with Gasteiger partial charge in [0.05, 0.1) is 18.8 Å². The molecule has 1 aromatic heterocycles. The maximum Gasteiger partial charge on any atom is 0.151 e. The van der Waals surface area contributed by atoms with Crippen molar-refractivity contribution in [2.24, 2.45) is 0 Å². The first-order valence-electron chi connectivity index (χ1n) is 8.26. The lowest BCUT2D eigenvalue weighted by molar-refractivity contribution is -0.0796. The molecule has 5 nitrogen and oxygen atoms in total. The number of rotatable bonds is 3. The summed E-state index contributed by atoms with van der Waals surface area (Å²) in [6, 6.07) is 10.5. The summed E-state index contributed by atoms with van der Waals surface area (Å²) in [4.78, 5) is 2.26. The van der Waals surface area contributed by atoms with E-state index in [2.05, 4.69) is 29.1 Å². The minimum atomic E-state index is -0.659. The Kier molecular flexibility index (Phi) is 3.71. The minimum Gasteiger partial charge on any atom is -0.390 e. The summed E-state index contributed by atoms with van der Waals surface area (Å²) < 4.78 is 5.50. The first kappa shape index (κ1) is 14.9. The van der Waals surface area contributed by atoms with Crippen molar-refractivity contribution in [1.29, 1.82) is 0 Å². The van der Waals surface area contributed by atoms with E-state index in [9.17, 15) is 10.2 Å². The predicted octanol–water partition coefficient (Wildman–Crippen LogP) is 2.11. The van der Waals surface area contributed by atoms with E-state index >= 15 is 0 Å². The lowest BCUT2D eigenvalue weighted by Crippen LogP contribution is -2.53. The van der Waals surface area contributed by atoms with Gasteiger partial charge in [0.25, 0.3) is 0 Å². The number of piperidine rings is 1. The largest absolute Gasteiger partial charge is 0.390 e. The molecule has 0 aliphatic carbocycles. The molecule has 4 atom stereocenters. The summed E-state index contributed by atoms with van der Waals surface area (Å²) in [5, 5.41) is 24.3. The SMILES string of the molecule is Cc1ccc(-c2cc(CN3[C@@H]4CC[C@H]3[C@H](O)[C@H](O)C4)on2)cc1. The number of aliphatic hydroxyl groups is 2. The fourth-order valence-electron chi connectivity index (χ4n) is 3.93. The highest BCUT2D eigenvalue weighted by atomic mass is 16.5. The molecule has 5 heteroatoms. The zero-order valence-electron chi connectivity index (χ0n) is 13.2. The molecule has 2 N–H and O–H groups in total. The van der Waals surface area contributed by atoms with Crippen LogP contribution >= 0.6 is 0 Å². The molecule has 122 valence electrons. The molecule has 0 radical (unpaired) electrons. The van der Waals surface area contributed by atoms with Gasteiger partial charge in [0, 0.05) is 23.7 Å². The first-order chi connectivity index (χ1) is 11.1. The molecule has 3 heterocycles. The first-order valence-corrected chi connectivity index (χ1v) is 8.26. The van der Waals surface area contributed by atoms with Crippen LogP contribution in [0.3, 0.4) is 0 Å². The van der Waals surface area contributed by atoms with Gasteiger partial charge in [-0.3, -0.25) is 4.90 Å². The molecule has 0 unspecified atom stereocenters. The van der Waals surface area contributed by atoms with E-state index in [1.54, 1.807) is 0 Å². The molecule has 23 heavy (non-hydrogen) atoms. The van der Waals surface area contributed by atoms with Gasteiger partial charge in [-0.05, 0) is 26.2 Å². The maximum absolute atomic E-state index is 10.2. The van der Waals surface area contributed by atoms with Crippen molar-refractivity contribution in [2.75, 3.05) is 0 Å². The van der Waals surface area contributed by atoms with Gasteiger partial charge < -0.3 is 14.7 Å².